The van der Waals surface area contributed by atoms with Crippen LogP contribution in [0.5, 0.6) is 0 Å². The third kappa shape index (κ3) is 9.60. The van der Waals surface area contributed by atoms with Crippen molar-refractivity contribution in [3.8, 4) is 6.07 Å². The Kier molecular flexibility index (Phi) is 6.70. The highest BCUT2D eigenvalue weighted by Gasteiger charge is 2.32. The molecule has 0 aliphatic heterocycles. The molecule has 0 N–H and O–H groups in total. The van der Waals surface area contributed by atoms with Crippen molar-refractivity contribution in [2.45, 2.75) is 58.9 Å². The molecule has 0 aliphatic carbocycles. The van der Waals surface area contributed by atoms with Gasteiger partial charge in [-0.15, -0.1) is 0 Å². The van der Waals surface area contributed by atoms with Crippen LogP contribution in [0.15, 0.2) is 0 Å². The van der Waals surface area contributed by atoms with Gasteiger partial charge in [-0.25, -0.2) is 0 Å². The van der Waals surface area contributed by atoms with E-state index in [-0.39, 0.29) is 13.0 Å². The van der Waals surface area contributed by atoms with Crippen LogP contribution in [0.3, 0.4) is 0 Å². The molecule has 0 rings (SSSR count). The van der Waals surface area contributed by atoms with Gasteiger partial charge in [0.05, 0.1) is 6.07 Å². The molecule has 0 spiro atoms. The van der Waals surface area contributed by atoms with Gasteiger partial charge in [0.25, 0.3) is 0 Å². The van der Waals surface area contributed by atoms with Crippen molar-refractivity contribution in [1.29, 1.82) is 5.26 Å². The molecule has 0 saturated heterocycles. The maximum absolute atomic E-state index is 9.03. The quantitative estimate of drug-likeness (QED) is 0.663. The summed E-state index contributed by atoms with van der Waals surface area (Å²) in [4.78, 5) is 0. The van der Waals surface area contributed by atoms with E-state index < -0.39 is 16.6 Å². The molecule has 0 heterocycles. The van der Waals surface area contributed by atoms with E-state index in [1.54, 1.807) is 0 Å². The predicted octanol–water partition coefficient (Wildman–Crippen LogP) is 3.73. The van der Waals surface area contributed by atoms with E-state index in [1.807, 2.05) is 6.92 Å². The van der Waals surface area contributed by atoms with Crippen LogP contribution in [0.1, 0.15) is 13.3 Å². The molecule has 0 aliphatic rings. The lowest BCUT2D eigenvalue weighted by molar-refractivity contribution is 0.407. The van der Waals surface area contributed by atoms with E-state index in [0.717, 1.165) is 6.42 Å². The van der Waals surface area contributed by atoms with Crippen LogP contribution in [0.2, 0.25) is 45.6 Å². The van der Waals surface area contributed by atoms with Gasteiger partial charge in [-0.1, -0.05) is 6.92 Å². The summed E-state index contributed by atoms with van der Waals surface area (Å²) in [5.74, 6) is 0.0349. The van der Waals surface area contributed by atoms with E-state index in [0.29, 0.717) is 6.32 Å². The molecule has 0 radical (unpaired) electrons. The predicted molar refractivity (Wildman–Crippen MR) is 78.8 cm³/mol. The van der Waals surface area contributed by atoms with Crippen LogP contribution in [-0.2, 0) is 8.69 Å². The second-order valence-corrected chi connectivity index (χ2v) is 15.3. The van der Waals surface area contributed by atoms with Crippen molar-refractivity contribution >= 4 is 23.8 Å². The minimum absolute atomic E-state index is 0.0349. The Bertz CT molecular complexity index is 252. The molecule has 6 heteroatoms. The molecule has 1 atom stereocenters. The molecule has 0 fully saturated rings. The van der Waals surface area contributed by atoms with Crippen molar-refractivity contribution in [3.63, 3.8) is 0 Å². The molecule has 0 saturated carbocycles. The fourth-order valence-corrected chi connectivity index (χ4v) is 3.41. The first-order chi connectivity index (χ1) is 7.57. The Hall–Kier alpha value is -0.0913. The van der Waals surface area contributed by atoms with Crippen molar-refractivity contribution in [3.05, 3.63) is 0 Å². The summed E-state index contributed by atoms with van der Waals surface area (Å²) in [6, 6.07) is 2.32. The van der Waals surface area contributed by atoms with Crippen molar-refractivity contribution < 1.29 is 8.69 Å². The molecule has 0 aromatic rings. The maximum atomic E-state index is 9.03. The molecular formula is C11H26BNO2Si2. The largest absolute Gasteiger partial charge is 0.454 e. The molecule has 1 unspecified atom stereocenters. The number of nitrogens with zero attached hydrogens (tertiary/aromatic N) is 1. The monoisotopic (exact) mass is 271 g/mol. The zero-order valence-corrected chi connectivity index (χ0v) is 14.3. The minimum Gasteiger partial charge on any atom is -0.454 e. The smallest absolute Gasteiger partial charge is 0.436 e. The Morgan fingerprint density at radius 1 is 1.06 bits per heavy atom. The molecule has 0 aromatic carbocycles. The summed E-state index contributed by atoms with van der Waals surface area (Å²) >= 11 is 0. The lowest BCUT2D eigenvalue weighted by atomic mass is 9.78. The molecule has 0 aromatic heterocycles. The number of rotatable bonds is 7. The lowest BCUT2D eigenvalue weighted by Gasteiger charge is -2.30. The number of hydrogen-bond acceptors (Lipinski definition) is 3. The zero-order valence-electron chi connectivity index (χ0n) is 12.3. The van der Waals surface area contributed by atoms with Crippen LogP contribution in [0.4, 0.5) is 0 Å². The van der Waals surface area contributed by atoms with Crippen LogP contribution < -0.4 is 0 Å². The fraction of sp³-hybridized carbons (Fsp3) is 0.909. The van der Waals surface area contributed by atoms with Gasteiger partial charge in [0.1, 0.15) is 0 Å². The Morgan fingerprint density at radius 3 is 1.71 bits per heavy atom. The fourth-order valence-electron chi connectivity index (χ4n) is 1.45. The summed E-state index contributed by atoms with van der Waals surface area (Å²) in [6.45, 7) is 15.0. The van der Waals surface area contributed by atoms with E-state index >= 15 is 0 Å². The summed E-state index contributed by atoms with van der Waals surface area (Å²) in [5, 5.41) is 9.03. The molecule has 17 heavy (non-hydrogen) atoms. The van der Waals surface area contributed by atoms with Gasteiger partial charge in [-0.05, 0) is 52.0 Å². The summed E-state index contributed by atoms with van der Waals surface area (Å²) in [7, 11) is -3.45. The Balaban J connectivity index is 4.57. The molecule has 3 nitrogen and oxygen atoms in total. The van der Waals surface area contributed by atoms with Gasteiger partial charge >= 0.3 is 7.12 Å². The Labute approximate surface area is 109 Å². The second kappa shape index (κ2) is 6.74. The minimum atomic E-state index is -1.62. The standard InChI is InChI=1S/C11H26BNO2Si2/c1-8-11(10-13)9-12(14-16(2,3)4)15-17(5,6)7/h11H,8-9H2,1-7H3. The maximum Gasteiger partial charge on any atom is 0.436 e. The van der Waals surface area contributed by atoms with Gasteiger partial charge in [-0.2, -0.15) is 5.26 Å². The van der Waals surface area contributed by atoms with Gasteiger partial charge in [0.2, 0.25) is 0 Å². The van der Waals surface area contributed by atoms with E-state index in [4.69, 9.17) is 13.9 Å². The summed E-state index contributed by atoms with van der Waals surface area (Å²) in [6.07, 6.45) is 1.55. The zero-order chi connectivity index (χ0) is 13.7. The highest BCUT2D eigenvalue weighted by molar-refractivity contribution is 6.81. The third-order valence-corrected chi connectivity index (χ3v) is 4.06. The average Bonchev–Trinajstić information content (AvgIpc) is 2.08. The average molecular weight is 271 g/mol. The number of nitriles is 1. The van der Waals surface area contributed by atoms with Crippen LogP contribution in [0, 0.1) is 17.2 Å². The first kappa shape index (κ1) is 16.9. The summed E-state index contributed by atoms with van der Waals surface area (Å²) < 4.78 is 12.1. The SMILES string of the molecule is CCC(C#N)CB(O[Si](C)(C)C)O[Si](C)(C)C. The van der Waals surface area contributed by atoms with Crippen molar-refractivity contribution in [2.75, 3.05) is 0 Å². The van der Waals surface area contributed by atoms with Crippen LogP contribution >= 0.6 is 0 Å². The van der Waals surface area contributed by atoms with E-state index in [9.17, 15) is 0 Å². The molecular weight excluding hydrogens is 245 g/mol. The molecule has 0 amide bonds. The van der Waals surface area contributed by atoms with Gasteiger partial charge in [0.15, 0.2) is 16.6 Å². The molecule has 98 valence electrons. The van der Waals surface area contributed by atoms with Crippen molar-refractivity contribution in [1.82, 2.24) is 0 Å². The topological polar surface area (TPSA) is 42.2 Å². The summed E-state index contributed by atoms with van der Waals surface area (Å²) in [5.41, 5.74) is 0. The number of hydrogen-bond donors (Lipinski definition) is 0. The van der Waals surface area contributed by atoms with Gasteiger partial charge in [0, 0.05) is 5.92 Å². The van der Waals surface area contributed by atoms with Crippen molar-refractivity contribution in [2.24, 2.45) is 5.92 Å². The van der Waals surface area contributed by atoms with Gasteiger partial charge in [-0.3, -0.25) is 0 Å². The van der Waals surface area contributed by atoms with Gasteiger partial charge < -0.3 is 8.69 Å². The second-order valence-electron chi connectivity index (χ2n) is 6.36. The van der Waals surface area contributed by atoms with E-state index in [2.05, 4.69) is 45.4 Å². The highest BCUT2D eigenvalue weighted by atomic mass is 28.4. The van der Waals surface area contributed by atoms with E-state index in [1.165, 1.54) is 0 Å². The van der Waals surface area contributed by atoms with Crippen LogP contribution in [0.25, 0.3) is 0 Å². The molecule has 0 bridgehead atoms. The highest BCUT2D eigenvalue weighted by Crippen LogP contribution is 2.19. The third-order valence-electron chi connectivity index (χ3n) is 2.12. The Morgan fingerprint density at radius 2 is 1.47 bits per heavy atom. The normalized spacial score (nSPS) is 14.2. The first-order valence-corrected chi connectivity index (χ1v) is 13.1. The lowest BCUT2D eigenvalue weighted by Crippen LogP contribution is -2.43. The van der Waals surface area contributed by atoms with Crippen LogP contribution in [-0.4, -0.2) is 23.8 Å². The first-order valence-electron chi connectivity index (χ1n) is 6.32.